The number of hydrogen-bond acceptors (Lipinski definition) is 3. The maximum Gasteiger partial charge on any atom is 0.297 e. The van der Waals surface area contributed by atoms with Crippen molar-refractivity contribution < 1.29 is 4.42 Å². The summed E-state index contributed by atoms with van der Waals surface area (Å²) in [6.07, 6.45) is 4.66. The van der Waals surface area contributed by atoms with Gasteiger partial charge in [0.25, 0.3) is 6.71 Å². The van der Waals surface area contributed by atoms with Crippen LogP contribution in [0.2, 0.25) is 19.6 Å². The number of aryl methyl sites for hydroxylation is 1. The van der Waals surface area contributed by atoms with Crippen LogP contribution in [0.5, 0.6) is 0 Å². The third kappa shape index (κ3) is 6.29. The fourth-order valence-corrected chi connectivity index (χ4v) is 13.2. The van der Waals surface area contributed by atoms with Crippen LogP contribution in [0.1, 0.15) is 128 Å². The highest BCUT2D eigenvalue weighted by Gasteiger charge is 2.50. The summed E-state index contributed by atoms with van der Waals surface area (Å²) in [5.74, 6) is 0. The van der Waals surface area contributed by atoms with E-state index in [2.05, 4.69) is 213 Å². The molecule has 6 aromatic rings. The molecule has 61 heavy (non-hydrogen) atoms. The maximum atomic E-state index is 7.56. The van der Waals surface area contributed by atoms with Crippen LogP contribution in [0, 0.1) is 6.92 Å². The quantitative estimate of drug-likeness (QED) is 0.1000. The van der Waals surface area contributed by atoms with Crippen LogP contribution in [-0.2, 0) is 25.1 Å². The molecule has 1 unspecified atom stereocenters. The largest absolute Gasteiger partial charge is 0.468 e. The number of fused-ring (bicyclic) bond motifs is 8. The van der Waals surface area contributed by atoms with Gasteiger partial charge in [-0.05, 0) is 160 Å². The minimum atomic E-state index is -1.53. The monoisotopic (exact) mass is 934 g/mol. The Hall–Kier alpha value is -3.75. The van der Waals surface area contributed by atoms with Gasteiger partial charge < -0.3 is 14.2 Å². The summed E-state index contributed by atoms with van der Waals surface area (Å²) < 4.78 is 7.60. The predicted molar refractivity (Wildman–Crippen MR) is 276 cm³/mol. The molecule has 0 N–H and O–H groups in total. The first-order valence-electron chi connectivity index (χ1n) is 22.8. The SMILES string of the molecule is Cc1cc2c3c(c1)N(c1ccc([Si](C)(C)C)cc1)c1c(oc4cc5c(cc14)C(C)(C)CCC5(C)I)B3c1cc3c(cc1N2c1ccc(C(C)(C)C)cc1)C(C)(C)CCC3(C)C. The first kappa shape index (κ1) is 41.3. The van der Waals surface area contributed by atoms with Crippen LogP contribution in [0.25, 0.3) is 11.0 Å². The Morgan fingerprint density at radius 2 is 1.15 bits per heavy atom. The first-order valence-corrected chi connectivity index (χ1v) is 27.4. The molecule has 4 aliphatic rings. The lowest BCUT2D eigenvalue weighted by molar-refractivity contribution is 0.332. The molecule has 0 bridgehead atoms. The minimum Gasteiger partial charge on any atom is -0.468 e. The van der Waals surface area contributed by atoms with E-state index < -0.39 is 8.07 Å². The number of hydrogen-bond donors (Lipinski definition) is 0. The smallest absolute Gasteiger partial charge is 0.297 e. The number of benzene rings is 5. The summed E-state index contributed by atoms with van der Waals surface area (Å²) in [6, 6.07) is 34.1. The molecule has 0 radical (unpaired) electrons. The Labute approximate surface area is 380 Å². The fraction of sp³-hybridized carbons (Fsp3) is 0.418. The van der Waals surface area contributed by atoms with E-state index in [0.717, 1.165) is 24.1 Å². The highest BCUT2D eigenvalue weighted by atomic mass is 127. The number of furan rings is 1. The number of nitrogens with zero attached hydrogens (tertiary/aromatic N) is 2. The van der Waals surface area contributed by atoms with Gasteiger partial charge in [-0.25, -0.2) is 0 Å². The van der Waals surface area contributed by atoms with E-state index >= 15 is 0 Å². The molecule has 2 aliphatic carbocycles. The topological polar surface area (TPSA) is 19.6 Å². The second-order valence-corrected chi connectivity index (χ2v) is 30.9. The summed E-state index contributed by atoms with van der Waals surface area (Å²) in [5.41, 5.74) is 20.8. The zero-order valence-electron chi connectivity index (χ0n) is 39.2. The van der Waals surface area contributed by atoms with Gasteiger partial charge in [0, 0.05) is 37.2 Å². The number of halogens is 1. The average Bonchev–Trinajstić information content (AvgIpc) is 3.55. The molecule has 1 atom stereocenters. The number of alkyl halides is 1. The Morgan fingerprint density at radius 3 is 1.74 bits per heavy atom. The van der Waals surface area contributed by atoms with Gasteiger partial charge in [-0.3, -0.25) is 0 Å². The Bertz CT molecular complexity index is 2800. The standard InChI is InChI=1S/C55H64BIN2OSi/c1-33-27-45-48-46(28-33)59(36-19-21-37(22-20-36)61(12,13)14)49-38-29-39-42(55(11,57)26-25-54(39,9)10)32-47(38)60-50(49)56(48)43-30-40-41(53(7,8)24-23-52(40,5)6)31-44(43)58(45)35-17-15-34(16-18-35)51(2,3)4/h15-22,27-32H,23-26H2,1-14H3. The highest BCUT2D eigenvalue weighted by molar-refractivity contribution is 14.1. The molecule has 0 fully saturated rings. The summed E-state index contributed by atoms with van der Waals surface area (Å²) in [7, 11) is -1.53. The van der Waals surface area contributed by atoms with Gasteiger partial charge in [-0.15, -0.1) is 0 Å². The molecule has 0 amide bonds. The molecule has 0 spiro atoms. The van der Waals surface area contributed by atoms with E-state index in [4.69, 9.17) is 4.42 Å². The Morgan fingerprint density at radius 1 is 0.623 bits per heavy atom. The van der Waals surface area contributed by atoms with Crippen molar-refractivity contribution in [3.05, 3.63) is 118 Å². The van der Waals surface area contributed by atoms with Gasteiger partial charge in [0.2, 0.25) is 0 Å². The van der Waals surface area contributed by atoms with E-state index in [1.54, 1.807) is 0 Å². The van der Waals surface area contributed by atoms with Crippen molar-refractivity contribution in [2.24, 2.45) is 0 Å². The van der Waals surface area contributed by atoms with Crippen molar-refractivity contribution in [3.8, 4) is 0 Å². The average molecular weight is 935 g/mol. The molecule has 6 heteroatoms. The summed E-state index contributed by atoms with van der Waals surface area (Å²) >= 11 is 2.72. The third-order valence-electron chi connectivity index (χ3n) is 15.4. The number of rotatable bonds is 3. The van der Waals surface area contributed by atoms with Gasteiger partial charge in [-0.1, -0.05) is 140 Å². The molecule has 3 nitrogen and oxygen atoms in total. The molecule has 1 aromatic heterocycles. The predicted octanol–water partition coefficient (Wildman–Crippen LogP) is 13.7. The molecular weight excluding hydrogens is 870 g/mol. The lowest BCUT2D eigenvalue weighted by Crippen LogP contribution is -2.61. The first-order chi connectivity index (χ1) is 28.4. The lowest BCUT2D eigenvalue weighted by Gasteiger charge is -2.46. The van der Waals surface area contributed by atoms with Gasteiger partial charge in [0.1, 0.15) is 5.58 Å². The van der Waals surface area contributed by atoms with E-state index in [0.29, 0.717) is 0 Å². The molecule has 2 aliphatic heterocycles. The molecule has 5 aromatic carbocycles. The Kier molecular flexibility index (Phi) is 8.90. The van der Waals surface area contributed by atoms with Gasteiger partial charge in [0.05, 0.1) is 19.4 Å². The van der Waals surface area contributed by atoms with Crippen LogP contribution in [-0.4, -0.2) is 14.8 Å². The minimum absolute atomic E-state index is 0.0433. The number of anilines is 6. The summed E-state index contributed by atoms with van der Waals surface area (Å²) in [4.78, 5) is 5.19. The maximum absolute atomic E-state index is 7.56. The Balaban J connectivity index is 1.33. The van der Waals surface area contributed by atoms with Gasteiger partial charge >= 0.3 is 0 Å². The third-order valence-corrected chi connectivity index (χ3v) is 18.6. The summed E-state index contributed by atoms with van der Waals surface area (Å²) in [6.45, 7) is 33.6. The van der Waals surface area contributed by atoms with Crippen molar-refractivity contribution >= 4 is 104 Å². The van der Waals surface area contributed by atoms with E-state index in [9.17, 15) is 0 Å². The van der Waals surface area contributed by atoms with Crippen molar-refractivity contribution in [1.82, 2.24) is 0 Å². The van der Waals surface area contributed by atoms with Crippen LogP contribution in [0.4, 0.5) is 34.1 Å². The van der Waals surface area contributed by atoms with Crippen molar-refractivity contribution in [2.75, 3.05) is 9.80 Å². The second-order valence-electron chi connectivity index (χ2n) is 23.4. The zero-order valence-corrected chi connectivity index (χ0v) is 42.3. The summed E-state index contributed by atoms with van der Waals surface area (Å²) in [5, 5.41) is 2.70. The van der Waals surface area contributed by atoms with E-state index in [1.807, 2.05) is 0 Å². The van der Waals surface area contributed by atoms with Crippen LogP contribution in [0.15, 0.2) is 89.3 Å². The van der Waals surface area contributed by atoms with Crippen LogP contribution in [0.3, 0.4) is 0 Å². The molecule has 0 saturated heterocycles. The highest BCUT2D eigenvalue weighted by Crippen LogP contribution is 2.54. The molecular formula is C55H64BIN2OSi. The molecule has 0 saturated carbocycles. The van der Waals surface area contributed by atoms with Gasteiger partial charge in [0.15, 0.2) is 0 Å². The van der Waals surface area contributed by atoms with Crippen molar-refractivity contribution in [2.45, 2.75) is 147 Å². The van der Waals surface area contributed by atoms with Crippen LogP contribution < -0.4 is 31.6 Å². The van der Waals surface area contributed by atoms with Crippen molar-refractivity contribution in [3.63, 3.8) is 0 Å². The normalized spacial score (nSPS) is 20.8. The van der Waals surface area contributed by atoms with Crippen molar-refractivity contribution in [1.29, 1.82) is 0 Å². The zero-order chi connectivity index (χ0) is 43.6. The van der Waals surface area contributed by atoms with E-state index in [-0.39, 0.29) is 31.8 Å². The van der Waals surface area contributed by atoms with Crippen LogP contribution >= 0.6 is 22.6 Å². The molecule has 314 valence electrons. The second kappa shape index (κ2) is 13.2. The van der Waals surface area contributed by atoms with E-state index in [1.165, 1.54) is 102 Å². The molecule has 10 rings (SSSR count). The fourth-order valence-electron chi connectivity index (χ4n) is 11.3. The van der Waals surface area contributed by atoms with Gasteiger partial charge in [-0.2, -0.15) is 0 Å². The molecule has 3 heterocycles. The lowest BCUT2D eigenvalue weighted by atomic mass is 9.35.